The zero-order chi connectivity index (χ0) is 12.8. The largest absolute Gasteiger partial charge is 0.496 e. The molecule has 0 saturated heterocycles. The topological polar surface area (TPSA) is 34.1 Å². The highest BCUT2D eigenvalue weighted by atomic mass is 16.5. The monoisotopic (exact) mass is 242 g/mol. The molecule has 0 atom stereocenters. The van der Waals surface area contributed by atoms with Gasteiger partial charge in [-0.3, -0.25) is 4.98 Å². The summed E-state index contributed by atoms with van der Waals surface area (Å²) in [5, 5.41) is 3.40. The molecule has 0 fully saturated rings. The van der Waals surface area contributed by atoms with Crippen LogP contribution in [0.4, 0.5) is 5.69 Å². The highest BCUT2D eigenvalue weighted by Crippen LogP contribution is 2.21. The number of ether oxygens (including phenoxy) is 1. The van der Waals surface area contributed by atoms with Crippen molar-refractivity contribution in [3.8, 4) is 5.75 Å². The maximum Gasteiger partial charge on any atom is 0.121 e. The Bertz CT molecular complexity index is 497. The van der Waals surface area contributed by atoms with E-state index in [2.05, 4.69) is 22.4 Å². The first-order chi connectivity index (χ1) is 8.79. The number of anilines is 1. The minimum Gasteiger partial charge on any atom is -0.496 e. The summed E-state index contributed by atoms with van der Waals surface area (Å²) in [6, 6.07) is 10.2. The van der Waals surface area contributed by atoms with Crippen LogP contribution in [-0.2, 0) is 6.42 Å². The first kappa shape index (κ1) is 12.4. The molecule has 94 valence electrons. The lowest BCUT2D eigenvalue weighted by Gasteiger charge is -2.09. The Hall–Kier alpha value is -2.03. The molecule has 0 radical (unpaired) electrons. The third-order valence-electron chi connectivity index (χ3n) is 2.86. The summed E-state index contributed by atoms with van der Waals surface area (Å²) in [6.07, 6.45) is 4.67. The van der Waals surface area contributed by atoms with Crippen LogP contribution in [0.1, 0.15) is 11.1 Å². The van der Waals surface area contributed by atoms with Gasteiger partial charge in [-0.2, -0.15) is 0 Å². The van der Waals surface area contributed by atoms with Crippen LogP contribution in [0, 0.1) is 6.92 Å². The van der Waals surface area contributed by atoms with Gasteiger partial charge in [0.1, 0.15) is 5.75 Å². The molecule has 0 amide bonds. The zero-order valence-electron chi connectivity index (χ0n) is 10.8. The number of pyridine rings is 1. The van der Waals surface area contributed by atoms with Crippen LogP contribution in [0.15, 0.2) is 42.7 Å². The van der Waals surface area contributed by atoms with Gasteiger partial charge in [0.15, 0.2) is 0 Å². The van der Waals surface area contributed by atoms with Crippen molar-refractivity contribution in [1.82, 2.24) is 4.98 Å². The molecular weight excluding hydrogens is 224 g/mol. The molecule has 1 heterocycles. The Kier molecular flexibility index (Phi) is 4.18. The number of hydrogen-bond donors (Lipinski definition) is 1. The van der Waals surface area contributed by atoms with Crippen molar-refractivity contribution >= 4 is 5.69 Å². The average molecular weight is 242 g/mol. The number of aromatic nitrogens is 1. The fourth-order valence-corrected chi connectivity index (χ4v) is 1.89. The van der Waals surface area contributed by atoms with Crippen LogP contribution in [0.5, 0.6) is 5.75 Å². The molecule has 2 aromatic rings. The summed E-state index contributed by atoms with van der Waals surface area (Å²) >= 11 is 0. The molecule has 3 heteroatoms. The van der Waals surface area contributed by atoms with Gasteiger partial charge in [-0.15, -0.1) is 0 Å². The molecule has 2 rings (SSSR count). The van der Waals surface area contributed by atoms with Crippen LogP contribution in [0.3, 0.4) is 0 Å². The van der Waals surface area contributed by atoms with E-state index in [-0.39, 0.29) is 0 Å². The van der Waals surface area contributed by atoms with Crippen molar-refractivity contribution in [3.63, 3.8) is 0 Å². The lowest BCUT2D eigenvalue weighted by molar-refractivity contribution is 0.412. The van der Waals surface area contributed by atoms with E-state index in [1.807, 2.05) is 31.3 Å². The predicted molar refractivity (Wildman–Crippen MR) is 74.2 cm³/mol. The van der Waals surface area contributed by atoms with Crippen molar-refractivity contribution in [3.05, 3.63) is 53.9 Å². The van der Waals surface area contributed by atoms with E-state index in [1.165, 1.54) is 5.56 Å². The minimum absolute atomic E-state index is 0.900. The smallest absolute Gasteiger partial charge is 0.121 e. The molecule has 0 aliphatic carbocycles. The Morgan fingerprint density at radius 3 is 2.83 bits per heavy atom. The number of methoxy groups -OCH3 is 1. The molecule has 0 bridgehead atoms. The minimum atomic E-state index is 0.900. The molecule has 1 aromatic carbocycles. The van der Waals surface area contributed by atoms with Gasteiger partial charge in [0.05, 0.1) is 7.11 Å². The molecule has 0 saturated carbocycles. The van der Waals surface area contributed by atoms with Crippen LogP contribution in [-0.4, -0.2) is 18.6 Å². The SMILES string of the molecule is COc1ccc(NCCc2cccnc2)cc1C. The summed E-state index contributed by atoms with van der Waals surface area (Å²) < 4.78 is 5.24. The first-order valence-electron chi connectivity index (χ1n) is 6.07. The van der Waals surface area contributed by atoms with Gasteiger partial charge in [0, 0.05) is 24.6 Å². The summed E-state index contributed by atoms with van der Waals surface area (Å²) in [4.78, 5) is 4.10. The fourth-order valence-electron chi connectivity index (χ4n) is 1.89. The number of benzene rings is 1. The maximum atomic E-state index is 5.24. The summed E-state index contributed by atoms with van der Waals surface area (Å²) in [6.45, 7) is 2.95. The van der Waals surface area contributed by atoms with Crippen molar-refractivity contribution in [2.45, 2.75) is 13.3 Å². The molecule has 1 N–H and O–H groups in total. The number of nitrogens with zero attached hydrogens (tertiary/aromatic N) is 1. The summed E-state index contributed by atoms with van der Waals surface area (Å²) in [7, 11) is 1.69. The predicted octanol–water partition coefficient (Wildman–Crippen LogP) is 3.05. The van der Waals surface area contributed by atoms with Crippen LogP contribution < -0.4 is 10.1 Å². The maximum absolute atomic E-state index is 5.24. The number of rotatable bonds is 5. The van der Waals surface area contributed by atoms with E-state index in [0.717, 1.165) is 30.0 Å². The fraction of sp³-hybridized carbons (Fsp3) is 0.267. The van der Waals surface area contributed by atoms with E-state index in [9.17, 15) is 0 Å². The lowest BCUT2D eigenvalue weighted by atomic mass is 10.2. The van der Waals surface area contributed by atoms with Gasteiger partial charge in [-0.05, 0) is 48.7 Å². The van der Waals surface area contributed by atoms with E-state index >= 15 is 0 Å². The lowest BCUT2D eigenvalue weighted by Crippen LogP contribution is -2.05. The number of hydrogen-bond acceptors (Lipinski definition) is 3. The zero-order valence-corrected chi connectivity index (χ0v) is 10.8. The van der Waals surface area contributed by atoms with E-state index in [4.69, 9.17) is 4.74 Å². The Balaban J connectivity index is 1.89. The standard InChI is InChI=1S/C15H18N2O/c1-12-10-14(5-6-15(12)18-2)17-9-7-13-4-3-8-16-11-13/h3-6,8,10-11,17H,7,9H2,1-2H3. The Labute approximate surface area is 108 Å². The molecule has 1 aromatic heterocycles. The molecule has 0 unspecified atom stereocenters. The third-order valence-corrected chi connectivity index (χ3v) is 2.86. The molecular formula is C15H18N2O. The molecule has 18 heavy (non-hydrogen) atoms. The van der Waals surface area contributed by atoms with Gasteiger partial charge in [-0.1, -0.05) is 6.07 Å². The molecule has 3 nitrogen and oxygen atoms in total. The van der Waals surface area contributed by atoms with Gasteiger partial charge in [-0.25, -0.2) is 0 Å². The third kappa shape index (κ3) is 3.23. The summed E-state index contributed by atoms with van der Waals surface area (Å²) in [5.74, 6) is 0.924. The quantitative estimate of drug-likeness (QED) is 0.875. The number of nitrogens with one attached hydrogen (secondary N) is 1. The highest BCUT2D eigenvalue weighted by molar-refractivity contribution is 5.50. The van der Waals surface area contributed by atoms with Crippen molar-refractivity contribution < 1.29 is 4.74 Å². The van der Waals surface area contributed by atoms with Gasteiger partial charge < -0.3 is 10.1 Å². The van der Waals surface area contributed by atoms with E-state index < -0.39 is 0 Å². The molecule has 0 aliphatic rings. The van der Waals surface area contributed by atoms with Gasteiger partial charge >= 0.3 is 0 Å². The molecule has 0 spiro atoms. The van der Waals surface area contributed by atoms with Crippen molar-refractivity contribution in [2.24, 2.45) is 0 Å². The van der Waals surface area contributed by atoms with Crippen molar-refractivity contribution in [1.29, 1.82) is 0 Å². The Morgan fingerprint density at radius 1 is 1.28 bits per heavy atom. The second-order valence-corrected chi connectivity index (χ2v) is 4.22. The Morgan fingerprint density at radius 2 is 2.17 bits per heavy atom. The normalized spacial score (nSPS) is 10.1. The first-order valence-corrected chi connectivity index (χ1v) is 6.07. The van der Waals surface area contributed by atoms with Crippen LogP contribution in [0.25, 0.3) is 0 Å². The van der Waals surface area contributed by atoms with Gasteiger partial charge in [0.2, 0.25) is 0 Å². The van der Waals surface area contributed by atoms with E-state index in [1.54, 1.807) is 13.3 Å². The van der Waals surface area contributed by atoms with Crippen LogP contribution >= 0.6 is 0 Å². The highest BCUT2D eigenvalue weighted by Gasteiger charge is 1.99. The van der Waals surface area contributed by atoms with Crippen LogP contribution in [0.2, 0.25) is 0 Å². The average Bonchev–Trinajstić information content (AvgIpc) is 2.40. The summed E-state index contributed by atoms with van der Waals surface area (Å²) in [5.41, 5.74) is 3.51. The molecule has 0 aliphatic heterocycles. The van der Waals surface area contributed by atoms with Gasteiger partial charge in [0.25, 0.3) is 0 Å². The van der Waals surface area contributed by atoms with Crippen molar-refractivity contribution in [2.75, 3.05) is 19.0 Å². The number of aryl methyl sites for hydroxylation is 1. The second kappa shape index (κ2) is 6.05. The second-order valence-electron chi connectivity index (χ2n) is 4.22. The van der Waals surface area contributed by atoms with E-state index in [0.29, 0.717) is 0 Å².